The first-order valence-corrected chi connectivity index (χ1v) is 11.8. The first-order chi connectivity index (χ1) is 17.8. The van der Waals surface area contributed by atoms with E-state index in [1.165, 1.54) is 6.92 Å². The predicted molar refractivity (Wildman–Crippen MR) is 137 cm³/mol. The normalized spacial score (nSPS) is 14.6. The smallest absolute Gasteiger partial charge is 0.326 e. The number of guanidine groups is 1. The first-order valence-electron chi connectivity index (χ1n) is 11.8. The minimum atomic E-state index is -1.54. The Labute approximate surface area is 219 Å². The van der Waals surface area contributed by atoms with E-state index in [1.807, 2.05) is 0 Å². The van der Waals surface area contributed by atoms with E-state index in [4.69, 9.17) is 22.9 Å². The zero-order valence-electron chi connectivity index (χ0n) is 21.0. The van der Waals surface area contributed by atoms with Crippen LogP contribution in [-0.2, 0) is 30.4 Å². The molecule has 0 saturated heterocycles. The summed E-state index contributed by atoms with van der Waals surface area (Å²) in [5.74, 6) is -5.13. The first kappa shape index (κ1) is 31.8. The summed E-state index contributed by atoms with van der Waals surface area (Å²) in [7, 11) is 0. The number of aliphatic carboxylic acids is 1. The van der Waals surface area contributed by atoms with Crippen molar-refractivity contribution >= 4 is 35.6 Å². The van der Waals surface area contributed by atoms with E-state index in [0.29, 0.717) is 5.56 Å². The number of rotatable bonds is 16. The number of aliphatic imine (C=N–C) groups is 1. The zero-order valence-corrected chi connectivity index (χ0v) is 21.0. The summed E-state index contributed by atoms with van der Waals surface area (Å²) in [5.41, 5.74) is 22.1. The second-order valence-electron chi connectivity index (χ2n) is 8.60. The molecule has 1 aromatic carbocycles. The van der Waals surface area contributed by atoms with Crippen molar-refractivity contribution in [1.29, 1.82) is 0 Å². The lowest BCUT2D eigenvalue weighted by Gasteiger charge is -2.25. The summed E-state index contributed by atoms with van der Waals surface area (Å²) in [4.78, 5) is 65.5. The number of hydrogen-bond acceptors (Lipinski definition) is 8. The maximum atomic E-state index is 13.0. The van der Waals surface area contributed by atoms with Gasteiger partial charge in [-0.2, -0.15) is 0 Å². The lowest BCUT2D eigenvalue weighted by atomic mass is 10.0. The molecule has 0 saturated carbocycles. The van der Waals surface area contributed by atoms with Crippen LogP contribution in [0.3, 0.4) is 0 Å². The van der Waals surface area contributed by atoms with Gasteiger partial charge in [0, 0.05) is 13.0 Å². The molecule has 5 atom stereocenters. The number of benzene rings is 1. The molecule has 0 radical (unpaired) electrons. The summed E-state index contributed by atoms with van der Waals surface area (Å²) < 4.78 is 0. The minimum absolute atomic E-state index is 0.00243. The third kappa shape index (κ3) is 11.7. The van der Waals surface area contributed by atoms with Crippen LogP contribution >= 0.6 is 0 Å². The number of nitrogens with two attached hydrogens (primary N) is 4. The van der Waals surface area contributed by atoms with Gasteiger partial charge < -0.3 is 49.1 Å². The van der Waals surface area contributed by atoms with E-state index in [0.717, 1.165) is 0 Å². The summed E-state index contributed by atoms with van der Waals surface area (Å²) in [6.45, 7) is 1.41. The van der Waals surface area contributed by atoms with Crippen molar-refractivity contribution in [3.63, 3.8) is 0 Å². The second-order valence-corrected chi connectivity index (χ2v) is 8.60. The van der Waals surface area contributed by atoms with Crippen LogP contribution in [0.4, 0.5) is 0 Å². The highest BCUT2D eigenvalue weighted by Crippen LogP contribution is 2.06. The fourth-order valence-corrected chi connectivity index (χ4v) is 3.26. The Hall–Kier alpha value is -4.24. The van der Waals surface area contributed by atoms with Gasteiger partial charge in [0.25, 0.3) is 0 Å². The minimum Gasteiger partial charge on any atom is -0.480 e. The van der Waals surface area contributed by atoms with Crippen LogP contribution in [0.15, 0.2) is 35.3 Å². The number of carbonyl (C=O) groups is 5. The Morgan fingerprint density at radius 3 is 1.97 bits per heavy atom. The van der Waals surface area contributed by atoms with Crippen molar-refractivity contribution in [2.45, 2.75) is 62.9 Å². The molecule has 15 heteroatoms. The van der Waals surface area contributed by atoms with Gasteiger partial charge in [-0.1, -0.05) is 30.3 Å². The van der Waals surface area contributed by atoms with Gasteiger partial charge in [0.2, 0.25) is 23.6 Å². The maximum absolute atomic E-state index is 13.0. The lowest BCUT2D eigenvalue weighted by molar-refractivity contribution is -0.142. The highest BCUT2D eigenvalue weighted by atomic mass is 16.4. The summed E-state index contributed by atoms with van der Waals surface area (Å²) in [5, 5.41) is 26.2. The number of carboxylic acids is 1. The number of nitrogens with zero attached hydrogens (tertiary/aromatic N) is 1. The standard InChI is InChI=1S/C23H36N8O7/c1-12(32)18(25)21(36)29-14(8-5-9-28-23(26)27)19(34)30-15(11-17(24)33)20(35)31-16(22(37)38)10-13-6-3-2-4-7-13/h2-4,6-7,12,14-16,18,32H,5,8-11,25H2,1H3,(H2,24,33)(H,29,36)(H,30,34)(H,31,35)(H,37,38)(H4,26,27,28). The molecule has 0 aromatic heterocycles. The average molecular weight is 537 g/mol. The van der Waals surface area contributed by atoms with Crippen molar-refractivity contribution in [3.05, 3.63) is 35.9 Å². The van der Waals surface area contributed by atoms with Gasteiger partial charge in [-0.15, -0.1) is 0 Å². The number of aliphatic hydroxyl groups is 1. The zero-order chi connectivity index (χ0) is 28.8. The molecular formula is C23H36N8O7. The summed E-state index contributed by atoms with van der Waals surface area (Å²) in [6, 6.07) is 3.00. The van der Waals surface area contributed by atoms with Crippen molar-refractivity contribution in [3.8, 4) is 0 Å². The Balaban J connectivity index is 3.05. The van der Waals surface area contributed by atoms with Crippen LogP contribution < -0.4 is 38.9 Å². The molecule has 1 rings (SSSR count). The lowest BCUT2D eigenvalue weighted by Crippen LogP contribution is -2.58. The van der Waals surface area contributed by atoms with Crippen LogP contribution in [0, 0.1) is 0 Å². The Morgan fingerprint density at radius 2 is 1.45 bits per heavy atom. The number of amides is 4. The molecule has 0 aliphatic carbocycles. The molecule has 5 unspecified atom stereocenters. The molecular weight excluding hydrogens is 500 g/mol. The van der Waals surface area contributed by atoms with Gasteiger partial charge in [0.1, 0.15) is 24.2 Å². The van der Waals surface area contributed by atoms with Crippen LogP contribution in [0.2, 0.25) is 0 Å². The third-order valence-electron chi connectivity index (χ3n) is 5.34. The Bertz CT molecular complexity index is 999. The summed E-state index contributed by atoms with van der Waals surface area (Å²) >= 11 is 0. The molecule has 38 heavy (non-hydrogen) atoms. The van der Waals surface area contributed by atoms with Gasteiger partial charge in [0.15, 0.2) is 5.96 Å². The fraction of sp³-hybridized carbons (Fsp3) is 0.478. The molecule has 0 bridgehead atoms. The highest BCUT2D eigenvalue weighted by molar-refractivity contribution is 5.96. The van der Waals surface area contributed by atoms with Crippen molar-refractivity contribution in [2.24, 2.45) is 27.9 Å². The Morgan fingerprint density at radius 1 is 0.895 bits per heavy atom. The molecule has 0 spiro atoms. The highest BCUT2D eigenvalue weighted by Gasteiger charge is 2.31. The van der Waals surface area contributed by atoms with Crippen molar-refractivity contribution in [1.82, 2.24) is 16.0 Å². The van der Waals surface area contributed by atoms with Crippen molar-refractivity contribution < 1.29 is 34.2 Å². The van der Waals surface area contributed by atoms with E-state index < -0.39 is 66.3 Å². The monoisotopic (exact) mass is 536 g/mol. The maximum Gasteiger partial charge on any atom is 0.326 e. The van der Waals surface area contributed by atoms with E-state index in [1.54, 1.807) is 30.3 Å². The van der Waals surface area contributed by atoms with Crippen LogP contribution in [0.5, 0.6) is 0 Å². The molecule has 1 aromatic rings. The number of nitrogens with one attached hydrogen (secondary N) is 3. The van der Waals surface area contributed by atoms with Crippen LogP contribution in [-0.4, -0.2) is 82.6 Å². The van der Waals surface area contributed by atoms with E-state index >= 15 is 0 Å². The number of hydrogen-bond donors (Lipinski definition) is 9. The molecule has 4 amide bonds. The second kappa shape index (κ2) is 15.8. The van der Waals surface area contributed by atoms with Gasteiger partial charge in [-0.3, -0.25) is 24.2 Å². The number of carbonyl (C=O) groups excluding carboxylic acids is 4. The topological polar surface area (TPSA) is 278 Å². The molecule has 13 N–H and O–H groups in total. The Kier molecular flexibility index (Phi) is 13.2. The van der Waals surface area contributed by atoms with Crippen LogP contribution in [0.1, 0.15) is 31.7 Å². The number of aliphatic hydroxyl groups excluding tert-OH is 1. The molecule has 15 nitrogen and oxygen atoms in total. The average Bonchev–Trinajstić information content (AvgIpc) is 2.84. The number of carboxylic acid groups (broad SMARTS) is 1. The quantitative estimate of drug-likeness (QED) is 0.0568. The van der Waals surface area contributed by atoms with E-state index in [9.17, 15) is 34.2 Å². The van der Waals surface area contributed by atoms with Crippen LogP contribution in [0.25, 0.3) is 0 Å². The summed E-state index contributed by atoms with van der Waals surface area (Å²) in [6.07, 6.45) is -1.69. The molecule has 0 aliphatic rings. The number of primary amides is 1. The van der Waals surface area contributed by atoms with Gasteiger partial charge in [-0.05, 0) is 25.3 Å². The molecule has 0 fully saturated rings. The van der Waals surface area contributed by atoms with E-state index in [-0.39, 0.29) is 31.8 Å². The molecule has 0 heterocycles. The largest absolute Gasteiger partial charge is 0.480 e. The van der Waals surface area contributed by atoms with E-state index in [2.05, 4.69) is 20.9 Å². The predicted octanol–water partition coefficient (Wildman–Crippen LogP) is -3.59. The molecule has 210 valence electrons. The fourth-order valence-electron chi connectivity index (χ4n) is 3.26. The van der Waals surface area contributed by atoms with Gasteiger partial charge in [-0.25, -0.2) is 4.79 Å². The molecule has 0 aliphatic heterocycles. The van der Waals surface area contributed by atoms with Crippen molar-refractivity contribution in [2.75, 3.05) is 6.54 Å². The van der Waals surface area contributed by atoms with Gasteiger partial charge >= 0.3 is 5.97 Å². The van der Waals surface area contributed by atoms with Gasteiger partial charge in [0.05, 0.1) is 12.5 Å². The third-order valence-corrected chi connectivity index (χ3v) is 5.34. The SMILES string of the molecule is CC(O)C(N)C(=O)NC(CCCN=C(N)N)C(=O)NC(CC(N)=O)C(=O)NC(Cc1ccccc1)C(=O)O.